The summed E-state index contributed by atoms with van der Waals surface area (Å²) in [6, 6.07) is 3.41. The van der Waals surface area contributed by atoms with Crippen molar-refractivity contribution in [1.29, 1.82) is 5.26 Å². The molecule has 0 aliphatic rings. The first-order valence-corrected chi connectivity index (χ1v) is 4.71. The van der Waals surface area contributed by atoms with Gasteiger partial charge in [0.2, 0.25) is 0 Å². The summed E-state index contributed by atoms with van der Waals surface area (Å²) in [5.41, 5.74) is 0. The summed E-state index contributed by atoms with van der Waals surface area (Å²) >= 11 is 12.2. The first-order valence-electron chi connectivity index (χ1n) is 3.14. The largest absolute Gasteiger partial charge is 0.231 e. The van der Waals surface area contributed by atoms with Crippen LogP contribution in [0, 0.1) is 11.3 Å². The fourth-order valence-corrected chi connectivity index (χ4v) is 1.39. The second kappa shape index (κ2) is 5.07. The minimum absolute atomic E-state index is 0.0564. The van der Waals surface area contributed by atoms with E-state index in [1.807, 2.05) is 0 Å². The third-order valence-electron chi connectivity index (χ3n) is 0.994. The summed E-state index contributed by atoms with van der Waals surface area (Å²) < 4.78 is 0.176. The third-order valence-corrected chi connectivity index (χ3v) is 2.67. The van der Waals surface area contributed by atoms with Gasteiger partial charge in [-0.2, -0.15) is 5.26 Å². The van der Waals surface area contributed by atoms with E-state index in [2.05, 4.69) is 9.97 Å². The van der Waals surface area contributed by atoms with Crippen molar-refractivity contribution >= 4 is 35.0 Å². The van der Waals surface area contributed by atoms with E-state index in [1.54, 1.807) is 24.5 Å². The summed E-state index contributed by atoms with van der Waals surface area (Å²) in [5.74, 6) is 0. The zero-order chi connectivity index (χ0) is 9.68. The molecule has 1 aromatic rings. The molecule has 0 amide bonds. The van der Waals surface area contributed by atoms with Gasteiger partial charge >= 0.3 is 0 Å². The maximum atomic E-state index is 8.40. The Kier molecular flexibility index (Phi) is 4.03. The lowest BCUT2D eigenvalue weighted by Gasteiger charge is -1.95. The smallest absolute Gasteiger partial charge is 0.193 e. The molecule has 0 bridgehead atoms. The van der Waals surface area contributed by atoms with Gasteiger partial charge in [0.1, 0.15) is 15.5 Å². The molecular formula is C7H3Cl2N3S. The predicted molar refractivity (Wildman–Crippen MR) is 52.2 cm³/mol. The molecule has 0 unspecified atom stereocenters. The van der Waals surface area contributed by atoms with E-state index in [1.165, 1.54) is 0 Å². The molecule has 6 heteroatoms. The van der Waals surface area contributed by atoms with Crippen molar-refractivity contribution in [2.24, 2.45) is 0 Å². The molecule has 0 atom stereocenters. The number of nitrogens with zero attached hydrogens (tertiary/aromatic N) is 3. The Hall–Kier alpha value is -0.760. The molecule has 1 heterocycles. The zero-order valence-electron chi connectivity index (χ0n) is 6.24. The molecule has 0 spiro atoms. The number of aromatic nitrogens is 2. The topological polar surface area (TPSA) is 49.6 Å². The molecule has 1 rings (SSSR count). The Labute approximate surface area is 89.4 Å². The summed E-state index contributed by atoms with van der Waals surface area (Å²) in [6.45, 7) is 0. The van der Waals surface area contributed by atoms with E-state index < -0.39 is 0 Å². The highest BCUT2D eigenvalue weighted by Gasteiger charge is 2.04. The lowest BCUT2D eigenvalue weighted by atomic mass is 10.7. The van der Waals surface area contributed by atoms with Crippen LogP contribution in [0.15, 0.2) is 33.0 Å². The van der Waals surface area contributed by atoms with E-state index in [9.17, 15) is 0 Å². The summed E-state index contributed by atoms with van der Waals surface area (Å²) in [5, 5.41) is 8.81. The van der Waals surface area contributed by atoms with E-state index in [0.29, 0.717) is 5.16 Å². The van der Waals surface area contributed by atoms with Crippen LogP contribution in [-0.4, -0.2) is 9.97 Å². The third kappa shape index (κ3) is 3.23. The van der Waals surface area contributed by atoms with E-state index in [4.69, 9.17) is 28.5 Å². The van der Waals surface area contributed by atoms with Gasteiger partial charge in [0.05, 0.1) is 0 Å². The second-order valence-corrected chi connectivity index (χ2v) is 3.79. The lowest BCUT2D eigenvalue weighted by molar-refractivity contribution is 0.971. The Morgan fingerprint density at radius 2 is 2.00 bits per heavy atom. The van der Waals surface area contributed by atoms with Crippen molar-refractivity contribution in [3.05, 3.63) is 27.9 Å². The molecule has 3 nitrogen and oxygen atoms in total. The lowest BCUT2D eigenvalue weighted by Crippen LogP contribution is -1.82. The van der Waals surface area contributed by atoms with Gasteiger partial charge in [0, 0.05) is 12.4 Å². The molecule has 0 N–H and O–H groups in total. The van der Waals surface area contributed by atoms with Gasteiger partial charge in [-0.05, 0) is 17.8 Å². The normalized spacial score (nSPS) is 11.8. The van der Waals surface area contributed by atoms with Crippen molar-refractivity contribution in [3.63, 3.8) is 0 Å². The first-order chi connectivity index (χ1) is 6.24. The number of halogens is 2. The van der Waals surface area contributed by atoms with Crippen LogP contribution in [0.5, 0.6) is 0 Å². The van der Waals surface area contributed by atoms with E-state index in [-0.39, 0.29) is 9.40 Å². The highest BCUT2D eigenvalue weighted by Crippen LogP contribution is 2.30. The van der Waals surface area contributed by atoms with Crippen molar-refractivity contribution < 1.29 is 0 Å². The Balaban J connectivity index is 2.78. The average molecular weight is 232 g/mol. The number of thioether (sulfide) groups is 1. The fourth-order valence-electron chi connectivity index (χ4n) is 0.507. The summed E-state index contributed by atoms with van der Waals surface area (Å²) in [4.78, 5) is 7.80. The standard InChI is InChI=1S/C7H3Cl2N3S/c8-5(4-10)6(9)13-7-11-2-1-3-12-7/h1-3H. The van der Waals surface area contributed by atoms with Gasteiger partial charge < -0.3 is 0 Å². The second-order valence-electron chi connectivity index (χ2n) is 1.83. The monoisotopic (exact) mass is 231 g/mol. The average Bonchev–Trinajstić information content (AvgIpc) is 2.18. The maximum absolute atomic E-state index is 8.40. The van der Waals surface area contributed by atoms with Crippen molar-refractivity contribution in [3.8, 4) is 6.07 Å². The van der Waals surface area contributed by atoms with Gasteiger partial charge in [-0.3, -0.25) is 0 Å². The minimum atomic E-state index is -0.0564. The van der Waals surface area contributed by atoms with Gasteiger partial charge in [0.25, 0.3) is 0 Å². The highest BCUT2D eigenvalue weighted by molar-refractivity contribution is 8.04. The number of rotatable bonds is 2. The van der Waals surface area contributed by atoms with Crippen LogP contribution in [0.4, 0.5) is 0 Å². The Morgan fingerprint density at radius 1 is 1.38 bits per heavy atom. The van der Waals surface area contributed by atoms with Gasteiger partial charge in [-0.1, -0.05) is 23.2 Å². The molecule has 0 fully saturated rings. The van der Waals surface area contributed by atoms with Crippen LogP contribution in [0.2, 0.25) is 0 Å². The van der Waals surface area contributed by atoms with E-state index in [0.717, 1.165) is 11.8 Å². The summed E-state index contributed by atoms with van der Waals surface area (Å²) in [6.07, 6.45) is 3.17. The molecule has 1 aromatic heterocycles. The van der Waals surface area contributed by atoms with Crippen LogP contribution in [0.3, 0.4) is 0 Å². The van der Waals surface area contributed by atoms with Crippen molar-refractivity contribution in [2.75, 3.05) is 0 Å². The first kappa shape index (κ1) is 10.3. The van der Waals surface area contributed by atoms with Gasteiger partial charge in [0.15, 0.2) is 5.16 Å². The molecule has 0 saturated carbocycles. The van der Waals surface area contributed by atoms with Crippen LogP contribution >= 0.6 is 35.0 Å². The molecule has 66 valence electrons. The number of hydrogen-bond acceptors (Lipinski definition) is 4. The molecular weight excluding hydrogens is 229 g/mol. The van der Waals surface area contributed by atoms with Crippen LogP contribution in [0.25, 0.3) is 0 Å². The zero-order valence-corrected chi connectivity index (χ0v) is 8.57. The predicted octanol–water partition coefficient (Wildman–Crippen LogP) is 2.74. The summed E-state index contributed by atoms with van der Waals surface area (Å²) in [7, 11) is 0. The van der Waals surface area contributed by atoms with Crippen molar-refractivity contribution in [1.82, 2.24) is 9.97 Å². The van der Waals surface area contributed by atoms with Crippen LogP contribution in [0.1, 0.15) is 0 Å². The Morgan fingerprint density at radius 3 is 2.54 bits per heavy atom. The maximum Gasteiger partial charge on any atom is 0.193 e. The van der Waals surface area contributed by atoms with Gasteiger partial charge in [-0.15, -0.1) is 0 Å². The number of hydrogen-bond donors (Lipinski definition) is 0. The van der Waals surface area contributed by atoms with Gasteiger partial charge in [-0.25, -0.2) is 9.97 Å². The van der Waals surface area contributed by atoms with E-state index >= 15 is 0 Å². The fraction of sp³-hybridized carbons (Fsp3) is 0. The number of nitriles is 1. The molecule has 0 aromatic carbocycles. The molecule has 0 aliphatic heterocycles. The Bertz CT molecular complexity index is 358. The SMILES string of the molecule is N#CC(Cl)=C(Cl)Sc1ncccn1. The van der Waals surface area contributed by atoms with Crippen LogP contribution < -0.4 is 0 Å². The highest BCUT2D eigenvalue weighted by atomic mass is 35.5. The number of allylic oxidation sites excluding steroid dienone is 1. The van der Waals surface area contributed by atoms with Crippen LogP contribution in [-0.2, 0) is 0 Å². The molecule has 0 saturated heterocycles. The van der Waals surface area contributed by atoms with Crippen molar-refractivity contribution in [2.45, 2.75) is 5.16 Å². The molecule has 0 aliphatic carbocycles. The minimum Gasteiger partial charge on any atom is -0.231 e. The quantitative estimate of drug-likeness (QED) is 0.447. The molecule has 0 radical (unpaired) electrons. The molecule has 13 heavy (non-hydrogen) atoms.